The van der Waals surface area contributed by atoms with E-state index in [2.05, 4.69) is 125 Å². The van der Waals surface area contributed by atoms with Gasteiger partial charge in [-0.15, -0.1) is 0 Å². The third-order valence-electron chi connectivity index (χ3n) is 19.4. The van der Waals surface area contributed by atoms with Gasteiger partial charge in [0.1, 0.15) is 0 Å². The fraction of sp³-hybridized carbons (Fsp3) is 1.00. The van der Waals surface area contributed by atoms with Gasteiger partial charge in [0.15, 0.2) is 0 Å². The van der Waals surface area contributed by atoms with Crippen LogP contribution in [0.25, 0.3) is 0 Å². The van der Waals surface area contributed by atoms with E-state index in [1.165, 1.54) is 96.3 Å². The third kappa shape index (κ3) is 54.6. The second kappa shape index (κ2) is 72.7. The zero-order valence-corrected chi connectivity index (χ0v) is 57.2. The molecule has 7 aliphatic rings. The molecule has 7 aliphatic carbocycles. The smallest absolute Gasteiger partial charge is 0.0411 e. The van der Waals surface area contributed by atoms with E-state index < -0.39 is 0 Å². The fourth-order valence-electron chi connectivity index (χ4n) is 15.0. The molecule has 0 aromatic rings. The molecule has 0 heteroatoms. The highest BCUT2D eigenvalue weighted by atomic mass is 14.4. The lowest BCUT2D eigenvalue weighted by atomic mass is 9.69. The Kier molecular flexibility index (Phi) is 89.3. The van der Waals surface area contributed by atoms with E-state index in [1.807, 2.05) is 0 Å². The first-order chi connectivity index (χ1) is 36.9. The molecule has 0 bridgehead atoms. The quantitative estimate of drug-likeness (QED) is 0.163. The Morgan fingerprint density at radius 3 is 0.253 bits per heavy atom. The molecule has 0 radical (unpaired) electrons. The molecule has 0 aromatic carbocycles. The van der Waals surface area contributed by atoms with Gasteiger partial charge in [0.2, 0.25) is 0 Å². The highest BCUT2D eigenvalue weighted by molar-refractivity contribution is 4.84. The van der Waals surface area contributed by atoms with Crippen molar-refractivity contribution in [2.75, 3.05) is 0 Å². The Morgan fingerprint density at radius 1 is 0.133 bits per heavy atom. The molecule has 0 saturated heterocycles. The van der Waals surface area contributed by atoms with Crippen molar-refractivity contribution in [3.63, 3.8) is 0 Å². The highest BCUT2D eigenvalue weighted by Crippen LogP contribution is 2.45. The monoisotopic (exact) mass is 1180 g/mol. The van der Waals surface area contributed by atoms with E-state index >= 15 is 0 Å². The summed E-state index contributed by atoms with van der Waals surface area (Å²) in [6.07, 6.45) is 66.1. The fourth-order valence-corrected chi connectivity index (χ4v) is 15.0. The van der Waals surface area contributed by atoms with E-state index in [-0.39, 0.29) is 52.0 Å². The van der Waals surface area contributed by atoms with Crippen molar-refractivity contribution >= 4 is 0 Å². The third-order valence-corrected chi connectivity index (χ3v) is 19.4. The van der Waals surface area contributed by atoms with Crippen LogP contribution in [0.2, 0.25) is 0 Å². The Labute approximate surface area is 539 Å². The average molecular weight is 1180 g/mol. The van der Waals surface area contributed by atoms with Crippen LogP contribution in [0.1, 0.15) is 459 Å². The van der Waals surface area contributed by atoms with Crippen LogP contribution < -0.4 is 0 Å². The van der Waals surface area contributed by atoms with Gasteiger partial charge in [-0.05, 0) is 115 Å². The Balaban J connectivity index is -0.000000134. The summed E-state index contributed by atoms with van der Waals surface area (Å²) in [6.45, 7) is 39.3. The van der Waals surface area contributed by atoms with Crippen LogP contribution in [-0.4, -0.2) is 0 Å². The summed E-state index contributed by atoms with van der Waals surface area (Å²) in [7, 11) is 0. The van der Waals surface area contributed by atoms with Gasteiger partial charge >= 0.3 is 0 Å². The summed E-state index contributed by atoms with van der Waals surface area (Å²) in [5.74, 6) is 15.2. The van der Waals surface area contributed by atoms with E-state index in [0.29, 0.717) is 0 Å². The molecule has 0 atom stereocenters. The van der Waals surface area contributed by atoms with Crippen LogP contribution in [0, 0.1) is 82.9 Å². The van der Waals surface area contributed by atoms with Crippen LogP contribution in [-0.2, 0) is 0 Å². The minimum Gasteiger partial charge on any atom is -0.0776 e. The van der Waals surface area contributed by atoms with Crippen molar-refractivity contribution in [2.45, 2.75) is 459 Å². The molecule has 0 aliphatic heterocycles. The Hall–Kier alpha value is 0. The van der Waals surface area contributed by atoms with E-state index in [0.717, 1.165) is 82.9 Å². The largest absolute Gasteiger partial charge is 0.0776 e. The predicted molar refractivity (Wildman–Crippen MR) is 401 cm³/mol. The molecule has 0 heterocycles. The van der Waals surface area contributed by atoms with Crippen LogP contribution in [0.3, 0.4) is 0 Å². The van der Waals surface area contributed by atoms with Crippen molar-refractivity contribution in [1.82, 2.24) is 0 Å². The molecule has 0 amide bonds. The van der Waals surface area contributed by atoms with Crippen LogP contribution >= 0.6 is 0 Å². The molecule has 83 heavy (non-hydrogen) atoms. The normalized spacial score (nSPS) is 29.3. The first-order valence-corrected chi connectivity index (χ1v) is 36.9. The van der Waals surface area contributed by atoms with Crippen molar-refractivity contribution < 1.29 is 0 Å². The maximum absolute atomic E-state index is 2.40. The lowest BCUT2D eigenvalue weighted by Gasteiger charge is -2.37. The molecule has 0 aromatic heterocycles. The van der Waals surface area contributed by atoms with Gasteiger partial charge < -0.3 is 0 Å². The van der Waals surface area contributed by atoms with E-state index in [1.54, 1.807) is 186 Å². The summed E-state index contributed by atoms with van der Waals surface area (Å²) in [4.78, 5) is 0. The minimum atomic E-state index is 0. The average Bonchev–Trinajstić information content (AvgIpc) is 3.43. The zero-order valence-electron chi connectivity index (χ0n) is 57.2. The number of hydrogen-bond donors (Lipinski definition) is 0. The van der Waals surface area contributed by atoms with Gasteiger partial charge in [0, 0.05) is 0 Å². The molecular formula is C83H184. The molecular weight excluding hydrogens is 997 g/mol. The summed E-state index contributed by atoms with van der Waals surface area (Å²) in [5.41, 5.74) is 0. The number of hydrogen-bond acceptors (Lipinski definition) is 0. The van der Waals surface area contributed by atoms with Crippen molar-refractivity contribution in [3.05, 3.63) is 0 Å². The summed E-state index contributed by atoms with van der Waals surface area (Å²) >= 11 is 0. The topological polar surface area (TPSA) is 0 Å². The maximum Gasteiger partial charge on any atom is -0.0411 e. The standard InChI is InChI=1S/C31H56.C24H44.7C3H8.7CH4/c1-3-24-5-9-26(10-6-24)21-28-13-17-30(18-14-28)23-31-19-15-29(16-20-31)22-27-11-7-25(4-2)8-12-27;1-3-19-5-9-21(10-6-19)17-23-13-15-24(16-14-23)18-22-11-7-20(4-2)8-12-22;7*1-3-2;;;;;;;/h24-31H,3-23H2,1-2H3;19-24H,3-18H2,1-2H3;7*3H2,1-2H3;7*1H4. The number of rotatable bonds is 14. The minimum absolute atomic E-state index is 0. The highest BCUT2D eigenvalue weighted by Gasteiger charge is 2.32. The molecule has 0 spiro atoms. The summed E-state index contributed by atoms with van der Waals surface area (Å²) in [6, 6.07) is 0. The Morgan fingerprint density at radius 2 is 0.193 bits per heavy atom. The van der Waals surface area contributed by atoms with E-state index in [4.69, 9.17) is 0 Å². The molecule has 516 valence electrons. The lowest BCUT2D eigenvalue weighted by molar-refractivity contribution is 0.152. The molecule has 0 N–H and O–H groups in total. The second-order valence-corrected chi connectivity index (χ2v) is 28.0. The molecule has 7 rings (SSSR count). The molecule has 7 saturated carbocycles. The first-order valence-electron chi connectivity index (χ1n) is 36.9. The lowest BCUT2D eigenvalue weighted by Crippen LogP contribution is -2.24. The molecule has 0 unspecified atom stereocenters. The van der Waals surface area contributed by atoms with Crippen molar-refractivity contribution in [1.29, 1.82) is 0 Å². The molecule has 7 fully saturated rings. The second-order valence-electron chi connectivity index (χ2n) is 28.0. The zero-order chi connectivity index (χ0) is 57.2. The van der Waals surface area contributed by atoms with Crippen LogP contribution in [0.15, 0.2) is 0 Å². The Bertz CT molecular complexity index is 952. The van der Waals surface area contributed by atoms with E-state index in [9.17, 15) is 0 Å². The molecule has 0 nitrogen and oxygen atoms in total. The summed E-state index contributed by atoms with van der Waals surface area (Å²) in [5, 5.41) is 0. The van der Waals surface area contributed by atoms with Gasteiger partial charge in [0.05, 0.1) is 0 Å². The predicted octanol–water partition coefficient (Wildman–Crippen LogP) is 32.6. The van der Waals surface area contributed by atoms with Crippen LogP contribution in [0.4, 0.5) is 0 Å². The van der Waals surface area contributed by atoms with Crippen LogP contribution in [0.5, 0.6) is 0 Å². The van der Waals surface area contributed by atoms with Gasteiger partial charge in [0.25, 0.3) is 0 Å². The first kappa shape index (κ1) is 102. The van der Waals surface area contributed by atoms with Gasteiger partial charge in [-0.3, -0.25) is 0 Å². The SMILES string of the molecule is C.C.C.C.C.C.C.CCC.CCC.CCC.CCC.CCC.CCC.CCC.CCC1CCC(CC2CCC(CC3CCC(CC)CC3)CC2)CC1.CCC1CCC(CC2CCC(CC3CCC(CC4CCC(CC)CC4)CC3)CC2)CC1. The van der Waals surface area contributed by atoms with Gasteiger partial charge in [-0.2, -0.15) is 0 Å². The van der Waals surface area contributed by atoms with Gasteiger partial charge in [-0.1, -0.05) is 427 Å². The van der Waals surface area contributed by atoms with Crippen molar-refractivity contribution in [2.24, 2.45) is 82.9 Å². The van der Waals surface area contributed by atoms with Crippen molar-refractivity contribution in [3.8, 4) is 0 Å². The summed E-state index contributed by atoms with van der Waals surface area (Å²) < 4.78 is 0. The van der Waals surface area contributed by atoms with Gasteiger partial charge in [-0.25, -0.2) is 0 Å². The maximum atomic E-state index is 2.40.